The van der Waals surface area contributed by atoms with Gasteiger partial charge >= 0.3 is 0 Å². The van der Waals surface area contributed by atoms with Gasteiger partial charge in [0, 0.05) is 36.6 Å². The Labute approximate surface area is 118 Å². The fourth-order valence-corrected chi connectivity index (χ4v) is 1.72. The lowest BCUT2D eigenvalue weighted by Gasteiger charge is -2.13. The summed E-state index contributed by atoms with van der Waals surface area (Å²) in [6.07, 6.45) is 3.42. The standard InChI is InChI=1S/C16H19FN2O/c1-11(2)19-10-13-9-18-7-6-16(13)20-14-5-4-12(3)15(17)8-14/h4-9,11,19H,10H2,1-3H3. The maximum Gasteiger partial charge on any atom is 0.134 e. The van der Waals surface area contributed by atoms with Crippen molar-refractivity contribution in [3.63, 3.8) is 0 Å². The van der Waals surface area contributed by atoms with Crippen molar-refractivity contribution in [2.45, 2.75) is 33.4 Å². The summed E-state index contributed by atoms with van der Waals surface area (Å²) in [6.45, 7) is 6.54. The van der Waals surface area contributed by atoms with Gasteiger partial charge in [-0.3, -0.25) is 4.98 Å². The molecular weight excluding hydrogens is 255 g/mol. The van der Waals surface area contributed by atoms with Crippen molar-refractivity contribution in [1.82, 2.24) is 10.3 Å². The molecule has 1 N–H and O–H groups in total. The SMILES string of the molecule is Cc1ccc(Oc2ccncc2CNC(C)C)cc1F. The summed E-state index contributed by atoms with van der Waals surface area (Å²) in [7, 11) is 0. The molecule has 4 heteroatoms. The van der Waals surface area contributed by atoms with E-state index in [0.717, 1.165) is 5.56 Å². The number of nitrogens with one attached hydrogen (secondary N) is 1. The maximum absolute atomic E-state index is 13.5. The normalized spacial score (nSPS) is 10.8. The van der Waals surface area contributed by atoms with E-state index in [4.69, 9.17) is 4.74 Å². The second kappa shape index (κ2) is 6.48. The van der Waals surface area contributed by atoms with E-state index >= 15 is 0 Å². The molecule has 20 heavy (non-hydrogen) atoms. The van der Waals surface area contributed by atoms with Crippen molar-refractivity contribution in [2.75, 3.05) is 0 Å². The van der Waals surface area contributed by atoms with Crippen molar-refractivity contribution < 1.29 is 9.13 Å². The Balaban J connectivity index is 2.17. The van der Waals surface area contributed by atoms with Crippen LogP contribution in [0.25, 0.3) is 0 Å². The lowest BCUT2D eigenvalue weighted by molar-refractivity contribution is 0.463. The fraction of sp³-hybridized carbons (Fsp3) is 0.312. The first-order chi connectivity index (χ1) is 9.56. The number of aromatic nitrogens is 1. The van der Waals surface area contributed by atoms with Gasteiger partial charge < -0.3 is 10.1 Å². The number of rotatable bonds is 5. The average molecular weight is 274 g/mol. The van der Waals surface area contributed by atoms with E-state index in [1.165, 1.54) is 6.07 Å². The van der Waals surface area contributed by atoms with Crippen LogP contribution in [0, 0.1) is 12.7 Å². The fourth-order valence-electron chi connectivity index (χ4n) is 1.72. The number of nitrogens with zero attached hydrogens (tertiary/aromatic N) is 1. The smallest absolute Gasteiger partial charge is 0.134 e. The number of pyridine rings is 1. The molecule has 0 aliphatic heterocycles. The lowest BCUT2D eigenvalue weighted by atomic mass is 10.2. The predicted octanol–water partition coefficient (Wildman–Crippen LogP) is 3.82. The van der Waals surface area contributed by atoms with Gasteiger partial charge in [-0.15, -0.1) is 0 Å². The summed E-state index contributed by atoms with van der Waals surface area (Å²) in [4.78, 5) is 4.10. The molecule has 1 aromatic heterocycles. The summed E-state index contributed by atoms with van der Waals surface area (Å²) in [5.41, 5.74) is 1.55. The topological polar surface area (TPSA) is 34.1 Å². The highest BCUT2D eigenvalue weighted by atomic mass is 19.1. The van der Waals surface area contributed by atoms with Gasteiger partial charge in [0.15, 0.2) is 0 Å². The summed E-state index contributed by atoms with van der Waals surface area (Å²) >= 11 is 0. The summed E-state index contributed by atoms with van der Waals surface area (Å²) in [6, 6.07) is 7.03. The van der Waals surface area contributed by atoms with Gasteiger partial charge in [-0.25, -0.2) is 4.39 Å². The molecule has 0 amide bonds. The molecule has 106 valence electrons. The Morgan fingerprint density at radius 1 is 1.30 bits per heavy atom. The summed E-state index contributed by atoms with van der Waals surface area (Å²) in [5, 5.41) is 3.31. The van der Waals surface area contributed by atoms with Crippen LogP contribution in [-0.2, 0) is 6.54 Å². The highest BCUT2D eigenvalue weighted by molar-refractivity contribution is 5.37. The van der Waals surface area contributed by atoms with E-state index < -0.39 is 0 Å². The molecule has 0 saturated carbocycles. The number of hydrogen-bond acceptors (Lipinski definition) is 3. The van der Waals surface area contributed by atoms with E-state index in [0.29, 0.717) is 29.6 Å². The lowest BCUT2D eigenvalue weighted by Crippen LogP contribution is -2.22. The van der Waals surface area contributed by atoms with Crippen LogP contribution in [0.1, 0.15) is 25.0 Å². The van der Waals surface area contributed by atoms with Crippen LogP contribution in [0.2, 0.25) is 0 Å². The van der Waals surface area contributed by atoms with Gasteiger partial charge in [0.1, 0.15) is 17.3 Å². The number of hydrogen-bond donors (Lipinski definition) is 1. The third-order valence-electron chi connectivity index (χ3n) is 2.93. The Hall–Kier alpha value is -1.94. The molecule has 2 rings (SSSR count). The minimum Gasteiger partial charge on any atom is -0.457 e. The van der Waals surface area contributed by atoms with Gasteiger partial charge in [0.25, 0.3) is 0 Å². The minimum absolute atomic E-state index is 0.265. The molecule has 0 aliphatic carbocycles. The first-order valence-electron chi connectivity index (χ1n) is 6.66. The molecule has 0 unspecified atom stereocenters. The van der Waals surface area contributed by atoms with Gasteiger partial charge in [0.2, 0.25) is 0 Å². The highest BCUT2D eigenvalue weighted by Gasteiger charge is 2.07. The molecule has 0 atom stereocenters. The van der Waals surface area contributed by atoms with E-state index in [1.807, 2.05) is 0 Å². The van der Waals surface area contributed by atoms with Crippen LogP contribution in [0.3, 0.4) is 0 Å². The number of benzene rings is 1. The molecule has 1 aromatic carbocycles. The number of halogens is 1. The second-order valence-corrected chi connectivity index (χ2v) is 5.03. The van der Waals surface area contributed by atoms with Crippen molar-refractivity contribution in [3.05, 3.63) is 53.6 Å². The van der Waals surface area contributed by atoms with Crippen LogP contribution in [-0.4, -0.2) is 11.0 Å². The summed E-state index contributed by atoms with van der Waals surface area (Å²) < 4.78 is 19.3. The first kappa shape index (κ1) is 14.5. The number of ether oxygens (including phenoxy) is 1. The Kier molecular flexibility index (Phi) is 4.69. The zero-order valence-electron chi connectivity index (χ0n) is 12.0. The minimum atomic E-state index is -0.265. The van der Waals surface area contributed by atoms with Gasteiger partial charge in [-0.05, 0) is 24.6 Å². The molecule has 3 nitrogen and oxygen atoms in total. The van der Waals surface area contributed by atoms with Crippen molar-refractivity contribution >= 4 is 0 Å². The van der Waals surface area contributed by atoms with Crippen LogP contribution < -0.4 is 10.1 Å². The monoisotopic (exact) mass is 274 g/mol. The Morgan fingerprint density at radius 2 is 2.10 bits per heavy atom. The van der Waals surface area contributed by atoms with Crippen molar-refractivity contribution in [3.8, 4) is 11.5 Å². The molecule has 0 aliphatic rings. The Morgan fingerprint density at radius 3 is 2.80 bits per heavy atom. The third-order valence-corrected chi connectivity index (χ3v) is 2.93. The van der Waals surface area contributed by atoms with Crippen LogP contribution in [0.15, 0.2) is 36.7 Å². The van der Waals surface area contributed by atoms with E-state index in [-0.39, 0.29) is 5.82 Å². The van der Waals surface area contributed by atoms with Crippen LogP contribution in [0.4, 0.5) is 4.39 Å². The molecule has 0 bridgehead atoms. The molecule has 2 aromatic rings. The van der Waals surface area contributed by atoms with Crippen molar-refractivity contribution in [1.29, 1.82) is 0 Å². The van der Waals surface area contributed by atoms with E-state index in [9.17, 15) is 4.39 Å². The third kappa shape index (κ3) is 3.78. The molecular formula is C16H19FN2O. The summed E-state index contributed by atoms with van der Waals surface area (Å²) in [5.74, 6) is 0.917. The average Bonchev–Trinajstić information content (AvgIpc) is 2.42. The van der Waals surface area contributed by atoms with Crippen LogP contribution >= 0.6 is 0 Å². The zero-order chi connectivity index (χ0) is 14.5. The number of aryl methyl sites for hydroxylation is 1. The zero-order valence-corrected chi connectivity index (χ0v) is 12.0. The Bertz CT molecular complexity index is 584. The molecule has 0 fully saturated rings. The second-order valence-electron chi connectivity index (χ2n) is 5.03. The van der Waals surface area contributed by atoms with Gasteiger partial charge in [-0.1, -0.05) is 19.9 Å². The first-order valence-corrected chi connectivity index (χ1v) is 6.66. The van der Waals surface area contributed by atoms with E-state index in [2.05, 4.69) is 24.1 Å². The van der Waals surface area contributed by atoms with E-state index in [1.54, 1.807) is 37.5 Å². The molecule has 0 saturated heterocycles. The quantitative estimate of drug-likeness (QED) is 0.900. The molecule has 0 spiro atoms. The predicted molar refractivity (Wildman–Crippen MR) is 77.4 cm³/mol. The van der Waals surface area contributed by atoms with Crippen LogP contribution in [0.5, 0.6) is 11.5 Å². The molecule has 0 radical (unpaired) electrons. The maximum atomic E-state index is 13.5. The highest BCUT2D eigenvalue weighted by Crippen LogP contribution is 2.26. The largest absolute Gasteiger partial charge is 0.457 e. The molecule has 1 heterocycles. The van der Waals surface area contributed by atoms with Gasteiger partial charge in [-0.2, -0.15) is 0 Å². The van der Waals surface area contributed by atoms with Gasteiger partial charge in [0.05, 0.1) is 0 Å². The van der Waals surface area contributed by atoms with Crippen molar-refractivity contribution in [2.24, 2.45) is 0 Å².